The number of nitrogens with zero attached hydrogens (tertiary/aromatic N) is 1. The number of methoxy groups -OCH3 is 1. The molecular formula is C25H23NO6. The summed E-state index contributed by atoms with van der Waals surface area (Å²) in [7, 11) is 1.58. The van der Waals surface area contributed by atoms with E-state index in [2.05, 4.69) is 0 Å². The van der Waals surface area contributed by atoms with Gasteiger partial charge in [-0.2, -0.15) is 0 Å². The Morgan fingerprint density at radius 3 is 2.56 bits per heavy atom. The molecule has 0 unspecified atom stereocenters. The molecule has 0 saturated heterocycles. The predicted octanol–water partition coefficient (Wildman–Crippen LogP) is 4.69. The van der Waals surface area contributed by atoms with Crippen LogP contribution in [0.25, 0.3) is 0 Å². The van der Waals surface area contributed by atoms with E-state index in [1.54, 1.807) is 37.4 Å². The van der Waals surface area contributed by atoms with Crippen molar-refractivity contribution in [2.24, 2.45) is 0 Å². The average Bonchev–Trinajstić information content (AvgIpc) is 3.43. The molecule has 2 aromatic carbocycles. The molecule has 164 valence electrons. The predicted molar refractivity (Wildman–Crippen MR) is 117 cm³/mol. The van der Waals surface area contributed by atoms with E-state index in [1.807, 2.05) is 30.3 Å². The van der Waals surface area contributed by atoms with Crippen LogP contribution in [0.2, 0.25) is 0 Å². The SMILES string of the molecule is COCCCN1C(=O)C(O)=C(C(=O)c2ccco2)[C@@H]1c1cccc(Oc2ccccc2)c1. The Morgan fingerprint density at radius 1 is 1.06 bits per heavy atom. The molecule has 1 aliphatic heterocycles. The summed E-state index contributed by atoms with van der Waals surface area (Å²) >= 11 is 0. The zero-order chi connectivity index (χ0) is 22.5. The lowest BCUT2D eigenvalue weighted by atomic mass is 9.95. The van der Waals surface area contributed by atoms with E-state index in [-0.39, 0.29) is 11.3 Å². The third-order valence-electron chi connectivity index (χ3n) is 5.19. The highest BCUT2D eigenvalue weighted by atomic mass is 16.5. The number of hydrogen-bond acceptors (Lipinski definition) is 6. The van der Waals surface area contributed by atoms with E-state index in [0.29, 0.717) is 36.6 Å². The van der Waals surface area contributed by atoms with Crippen molar-refractivity contribution in [1.29, 1.82) is 0 Å². The van der Waals surface area contributed by atoms with Gasteiger partial charge in [-0.15, -0.1) is 0 Å². The number of rotatable bonds is 9. The first-order valence-corrected chi connectivity index (χ1v) is 10.2. The fourth-order valence-electron chi connectivity index (χ4n) is 3.76. The summed E-state index contributed by atoms with van der Waals surface area (Å²) in [5, 5.41) is 10.7. The third-order valence-corrected chi connectivity index (χ3v) is 5.19. The monoisotopic (exact) mass is 433 g/mol. The summed E-state index contributed by atoms with van der Waals surface area (Å²) in [5.74, 6) is -0.434. The van der Waals surface area contributed by atoms with Gasteiger partial charge < -0.3 is 23.9 Å². The van der Waals surface area contributed by atoms with Crippen LogP contribution in [0, 0.1) is 0 Å². The summed E-state index contributed by atoms with van der Waals surface area (Å²) in [5.41, 5.74) is 0.627. The molecule has 0 radical (unpaired) electrons. The van der Waals surface area contributed by atoms with E-state index in [0.717, 1.165) is 0 Å². The quantitative estimate of drug-likeness (QED) is 0.389. The summed E-state index contributed by atoms with van der Waals surface area (Å²) in [6, 6.07) is 18.8. The van der Waals surface area contributed by atoms with Crippen molar-refractivity contribution < 1.29 is 28.6 Å². The van der Waals surface area contributed by atoms with Crippen LogP contribution >= 0.6 is 0 Å². The van der Waals surface area contributed by atoms with E-state index in [4.69, 9.17) is 13.9 Å². The molecule has 0 aliphatic carbocycles. The molecule has 0 fully saturated rings. The molecule has 1 aliphatic rings. The summed E-state index contributed by atoms with van der Waals surface area (Å²) in [6.07, 6.45) is 1.93. The van der Waals surface area contributed by atoms with Gasteiger partial charge in [-0.3, -0.25) is 9.59 Å². The Bertz CT molecular complexity index is 1120. The Morgan fingerprint density at radius 2 is 1.84 bits per heavy atom. The Kier molecular flexibility index (Phi) is 6.37. The molecule has 7 nitrogen and oxygen atoms in total. The van der Waals surface area contributed by atoms with Crippen LogP contribution in [0.1, 0.15) is 28.6 Å². The first-order chi connectivity index (χ1) is 15.6. The molecule has 32 heavy (non-hydrogen) atoms. The number of aliphatic hydroxyl groups excluding tert-OH is 1. The number of furan rings is 1. The number of benzene rings is 2. The number of hydrogen-bond donors (Lipinski definition) is 1. The fraction of sp³-hybridized carbons (Fsp3) is 0.200. The number of ether oxygens (including phenoxy) is 2. The highest BCUT2D eigenvalue weighted by Gasteiger charge is 2.44. The van der Waals surface area contributed by atoms with Crippen molar-refractivity contribution in [3.05, 3.63) is 95.6 Å². The Balaban J connectivity index is 1.72. The van der Waals surface area contributed by atoms with Crippen LogP contribution in [0.3, 0.4) is 0 Å². The van der Waals surface area contributed by atoms with Crippen molar-refractivity contribution in [3.8, 4) is 11.5 Å². The zero-order valence-electron chi connectivity index (χ0n) is 17.6. The summed E-state index contributed by atoms with van der Waals surface area (Å²) < 4.78 is 16.3. The second kappa shape index (κ2) is 9.53. The number of aliphatic hydroxyl groups is 1. The van der Waals surface area contributed by atoms with E-state index >= 15 is 0 Å². The molecule has 4 rings (SSSR count). The Hall–Kier alpha value is -3.84. The van der Waals surface area contributed by atoms with E-state index in [1.165, 1.54) is 17.2 Å². The number of carbonyl (C=O) groups excluding carboxylic acids is 2. The van der Waals surface area contributed by atoms with Gasteiger partial charge in [0.15, 0.2) is 11.5 Å². The maximum Gasteiger partial charge on any atom is 0.290 e. The Labute approximate surface area is 185 Å². The van der Waals surface area contributed by atoms with Crippen molar-refractivity contribution in [1.82, 2.24) is 4.90 Å². The molecule has 1 N–H and O–H groups in total. The number of amides is 1. The fourth-order valence-corrected chi connectivity index (χ4v) is 3.76. The second-order valence-corrected chi connectivity index (χ2v) is 7.30. The van der Waals surface area contributed by atoms with Gasteiger partial charge in [0, 0.05) is 20.3 Å². The number of Topliss-reactive ketones (excluding diaryl/α,β-unsaturated/α-hetero) is 1. The minimum atomic E-state index is -0.781. The highest BCUT2D eigenvalue weighted by molar-refractivity contribution is 6.15. The van der Waals surface area contributed by atoms with Crippen LogP contribution in [0.15, 0.2) is 88.7 Å². The van der Waals surface area contributed by atoms with E-state index in [9.17, 15) is 14.7 Å². The molecular weight excluding hydrogens is 410 g/mol. The normalized spacial score (nSPS) is 16.0. The lowest BCUT2D eigenvalue weighted by molar-refractivity contribution is -0.129. The standard InChI is InChI=1S/C25H23NO6/c1-30-14-7-13-26-22(21(24(28)25(26)29)23(27)20-12-6-15-31-20)17-8-5-11-19(16-17)32-18-9-3-2-4-10-18/h2-6,8-12,15-16,22,28H,7,13-14H2,1H3/t22-/m0/s1. The van der Waals surface area contributed by atoms with Gasteiger partial charge in [0.1, 0.15) is 11.5 Å². The van der Waals surface area contributed by atoms with Crippen LogP contribution < -0.4 is 4.74 Å². The minimum absolute atomic E-state index is 0.0146. The molecule has 1 aromatic heterocycles. The molecule has 0 spiro atoms. The van der Waals surface area contributed by atoms with Gasteiger partial charge in [0.2, 0.25) is 5.78 Å². The lowest BCUT2D eigenvalue weighted by Crippen LogP contribution is -2.32. The van der Waals surface area contributed by atoms with E-state index < -0.39 is 23.5 Å². The first kappa shape index (κ1) is 21.4. The van der Waals surface area contributed by atoms with Crippen molar-refractivity contribution in [3.63, 3.8) is 0 Å². The molecule has 1 atom stereocenters. The zero-order valence-corrected chi connectivity index (χ0v) is 17.6. The van der Waals surface area contributed by atoms with Gasteiger partial charge in [-0.1, -0.05) is 30.3 Å². The summed E-state index contributed by atoms with van der Waals surface area (Å²) in [6.45, 7) is 0.746. The molecule has 0 saturated carbocycles. The molecule has 0 bridgehead atoms. The maximum absolute atomic E-state index is 13.2. The number of para-hydroxylation sites is 1. The van der Waals surface area contributed by atoms with Crippen molar-refractivity contribution in [2.75, 3.05) is 20.3 Å². The van der Waals surface area contributed by atoms with Crippen molar-refractivity contribution in [2.45, 2.75) is 12.5 Å². The van der Waals surface area contributed by atoms with Gasteiger partial charge in [-0.25, -0.2) is 0 Å². The van der Waals surface area contributed by atoms with Gasteiger partial charge in [0.05, 0.1) is 17.9 Å². The van der Waals surface area contributed by atoms with Gasteiger partial charge in [-0.05, 0) is 48.4 Å². The topological polar surface area (TPSA) is 89.2 Å². The van der Waals surface area contributed by atoms with Crippen LogP contribution in [-0.4, -0.2) is 42.0 Å². The largest absolute Gasteiger partial charge is 0.503 e. The lowest BCUT2D eigenvalue weighted by Gasteiger charge is -2.27. The molecule has 2 heterocycles. The van der Waals surface area contributed by atoms with Crippen molar-refractivity contribution >= 4 is 11.7 Å². The smallest absolute Gasteiger partial charge is 0.290 e. The summed E-state index contributed by atoms with van der Waals surface area (Å²) in [4.78, 5) is 27.5. The average molecular weight is 433 g/mol. The second-order valence-electron chi connectivity index (χ2n) is 7.30. The first-order valence-electron chi connectivity index (χ1n) is 10.2. The highest BCUT2D eigenvalue weighted by Crippen LogP contribution is 2.40. The molecule has 3 aromatic rings. The molecule has 7 heteroatoms. The minimum Gasteiger partial charge on any atom is -0.503 e. The number of carbonyl (C=O) groups is 2. The van der Waals surface area contributed by atoms with Crippen LogP contribution in [0.4, 0.5) is 0 Å². The van der Waals surface area contributed by atoms with Gasteiger partial charge >= 0.3 is 0 Å². The van der Waals surface area contributed by atoms with Gasteiger partial charge in [0.25, 0.3) is 5.91 Å². The molecule has 1 amide bonds. The van der Waals surface area contributed by atoms with Crippen LogP contribution in [0.5, 0.6) is 11.5 Å². The number of ketones is 1. The third kappa shape index (κ3) is 4.29. The van der Waals surface area contributed by atoms with Crippen LogP contribution in [-0.2, 0) is 9.53 Å². The maximum atomic E-state index is 13.2.